The van der Waals surface area contributed by atoms with E-state index in [9.17, 15) is 9.59 Å². The molecular formula is C30H27ClN2O5S2. The smallest absolute Gasteiger partial charge is 0.338 e. The summed E-state index contributed by atoms with van der Waals surface area (Å²) in [7, 11) is 0. The molecule has 0 radical (unpaired) electrons. The number of carbonyl (C=O) groups is 1. The monoisotopic (exact) mass is 594 g/mol. The van der Waals surface area contributed by atoms with Crippen LogP contribution in [0.5, 0.6) is 11.5 Å². The number of benzene rings is 2. The van der Waals surface area contributed by atoms with E-state index >= 15 is 0 Å². The van der Waals surface area contributed by atoms with Crippen molar-refractivity contribution in [3.63, 3.8) is 0 Å². The van der Waals surface area contributed by atoms with Crippen LogP contribution in [0.1, 0.15) is 42.8 Å². The number of thiazole rings is 1. The Morgan fingerprint density at radius 1 is 1.07 bits per heavy atom. The van der Waals surface area contributed by atoms with Gasteiger partial charge in [-0.2, -0.15) is 0 Å². The van der Waals surface area contributed by atoms with E-state index in [1.165, 1.54) is 22.7 Å². The number of rotatable bonds is 9. The van der Waals surface area contributed by atoms with Crippen molar-refractivity contribution in [2.24, 2.45) is 4.99 Å². The molecule has 1 aliphatic heterocycles. The zero-order chi connectivity index (χ0) is 28.2. The van der Waals surface area contributed by atoms with Gasteiger partial charge in [0.15, 0.2) is 16.3 Å². The van der Waals surface area contributed by atoms with Gasteiger partial charge in [-0.3, -0.25) is 9.36 Å². The Labute approximate surface area is 244 Å². The van der Waals surface area contributed by atoms with Crippen LogP contribution in [-0.2, 0) is 16.1 Å². The molecule has 0 saturated heterocycles. The van der Waals surface area contributed by atoms with Gasteiger partial charge >= 0.3 is 5.97 Å². The van der Waals surface area contributed by atoms with Crippen LogP contribution in [0, 0.1) is 0 Å². The fraction of sp³-hybridized carbons (Fsp3) is 0.233. The minimum Gasteiger partial charge on any atom is -0.490 e. The Hall–Kier alpha value is -3.66. The standard InChI is InChI=1S/C30H27ClN2O5S2/c1-4-36-23-15-20(10-13-22(23)38-17-19-8-11-21(31)12-9-19)16-25-28(34)33-27(24-7-6-14-39-24)26(29(35)37-5-2)18(3)32-30(33)40-25/h6-16,27H,4-5,17H2,1-3H3/b25-16-/t27-/m0/s1. The summed E-state index contributed by atoms with van der Waals surface area (Å²) in [5.41, 5.74) is 2.46. The SMILES string of the molecule is CCOC(=O)C1=C(C)N=c2s/c(=C\c3ccc(OCc4ccc(Cl)cc4)c(OCC)c3)c(=O)n2[C@H]1c1cccs1. The Morgan fingerprint density at radius 3 is 2.58 bits per heavy atom. The van der Waals surface area contributed by atoms with Crippen molar-refractivity contribution in [1.82, 2.24) is 4.57 Å². The number of hydrogen-bond acceptors (Lipinski definition) is 8. The molecule has 0 bridgehead atoms. The Balaban J connectivity index is 1.52. The van der Waals surface area contributed by atoms with Gasteiger partial charge < -0.3 is 14.2 Å². The molecule has 0 unspecified atom stereocenters. The maximum absolute atomic E-state index is 13.8. The average Bonchev–Trinajstić information content (AvgIpc) is 3.57. The molecule has 0 aliphatic carbocycles. The van der Waals surface area contributed by atoms with Crippen molar-refractivity contribution in [2.75, 3.05) is 13.2 Å². The number of aromatic nitrogens is 1. The van der Waals surface area contributed by atoms with Gasteiger partial charge in [-0.1, -0.05) is 47.2 Å². The Bertz CT molecular complexity index is 1740. The van der Waals surface area contributed by atoms with E-state index in [1.807, 2.05) is 73.0 Å². The van der Waals surface area contributed by atoms with Crippen molar-refractivity contribution in [2.45, 2.75) is 33.4 Å². The van der Waals surface area contributed by atoms with Crippen molar-refractivity contribution in [1.29, 1.82) is 0 Å². The van der Waals surface area contributed by atoms with Gasteiger partial charge in [0, 0.05) is 9.90 Å². The summed E-state index contributed by atoms with van der Waals surface area (Å²) in [5, 5.41) is 2.59. The highest BCUT2D eigenvalue weighted by Crippen LogP contribution is 2.33. The van der Waals surface area contributed by atoms with E-state index in [2.05, 4.69) is 4.99 Å². The second kappa shape index (κ2) is 12.2. The van der Waals surface area contributed by atoms with Crippen molar-refractivity contribution < 1.29 is 19.0 Å². The van der Waals surface area contributed by atoms with Gasteiger partial charge in [-0.15, -0.1) is 11.3 Å². The number of ether oxygens (including phenoxy) is 3. The highest BCUT2D eigenvalue weighted by molar-refractivity contribution is 7.10. The highest BCUT2D eigenvalue weighted by Gasteiger charge is 2.33. The van der Waals surface area contributed by atoms with E-state index < -0.39 is 12.0 Å². The summed E-state index contributed by atoms with van der Waals surface area (Å²) in [5.74, 6) is 0.713. The lowest BCUT2D eigenvalue weighted by Gasteiger charge is -2.23. The zero-order valence-corrected chi connectivity index (χ0v) is 24.6. The topological polar surface area (TPSA) is 79.1 Å². The van der Waals surface area contributed by atoms with Gasteiger partial charge in [0.25, 0.3) is 5.56 Å². The van der Waals surface area contributed by atoms with Crippen LogP contribution in [-0.4, -0.2) is 23.8 Å². The second-order valence-electron chi connectivity index (χ2n) is 8.87. The molecular weight excluding hydrogens is 568 g/mol. The van der Waals surface area contributed by atoms with Crippen LogP contribution in [0.25, 0.3) is 6.08 Å². The summed E-state index contributed by atoms with van der Waals surface area (Å²) < 4.78 is 19.3. The van der Waals surface area contributed by atoms with Crippen LogP contribution in [0.3, 0.4) is 0 Å². The maximum Gasteiger partial charge on any atom is 0.338 e. The summed E-state index contributed by atoms with van der Waals surface area (Å²) in [6, 6.07) is 16.3. The Kier molecular flexibility index (Phi) is 8.54. The molecule has 0 amide bonds. The van der Waals surface area contributed by atoms with Gasteiger partial charge in [0.2, 0.25) is 0 Å². The highest BCUT2D eigenvalue weighted by atomic mass is 35.5. The first-order valence-electron chi connectivity index (χ1n) is 12.8. The third kappa shape index (κ3) is 5.77. The molecule has 0 N–H and O–H groups in total. The number of nitrogens with zero attached hydrogens (tertiary/aromatic N) is 2. The molecule has 0 fully saturated rings. The molecule has 7 nitrogen and oxygen atoms in total. The normalized spacial score (nSPS) is 15.0. The number of halogens is 1. The van der Waals surface area contributed by atoms with Crippen LogP contribution in [0.4, 0.5) is 0 Å². The minimum atomic E-state index is -0.597. The van der Waals surface area contributed by atoms with Gasteiger partial charge in [0.1, 0.15) is 12.6 Å². The molecule has 0 spiro atoms. The number of carbonyl (C=O) groups excluding carboxylic acids is 1. The number of fused-ring (bicyclic) bond motifs is 1. The lowest BCUT2D eigenvalue weighted by molar-refractivity contribution is -0.139. The van der Waals surface area contributed by atoms with Crippen molar-refractivity contribution >= 4 is 46.3 Å². The quantitative estimate of drug-likeness (QED) is 0.239. The lowest BCUT2D eigenvalue weighted by Crippen LogP contribution is -2.39. The van der Waals surface area contributed by atoms with Gasteiger partial charge in [0.05, 0.1) is 29.0 Å². The molecule has 0 saturated carbocycles. The van der Waals surface area contributed by atoms with Crippen molar-refractivity contribution in [3.8, 4) is 11.5 Å². The van der Waals surface area contributed by atoms with Gasteiger partial charge in [-0.05, 0) is 73.7 Å². The Morgan fingerprint density at radius 2 is 1.88 bits per heavy atom. The first-order valence-corrected chi connectivity index (χ1v) is 14.8. The van der Waals surface area contributed by atoms with Crippen LogP contribution >= 0.6 is 34.3 Å². The molecule has 40 heavy (non-hydrogen) atoms. The molecule has 1 aliphatic rings. The number of esters is 1. The van der Waals surface area contributed by atoms with Crippen molar-refractivity contribution in [3.05, 3.63) is 112 Å². The molecule has 10 heteroatoms. The van der Waals surface area contributed by atoms with E-state index in [0.29, 0.717) is 50.3 Å². The fourth-order valence-corrected chi connectivity index (χ4v) is 6.40. The second-order valence-corrected chi connectivity index (χ2v) is 11.3. The lowest BCUT2D eigenvalue weighted by atomic mass is 10.0. The third-order valence-corrected chi connectivity index (χ3v) is 8.36. The van der Waals surface area contributed by atoms with E-state index in [4.69, 9.17) is 25.8 Å². The molecule has 2 aromatic heterocycles. The average molecular weight is 595 g/mol. The van der Waals surface area contributed by atoms with E-state index in [1.54, 1.807) is 18.4 Å². The predicted octanol–water partition coefficient (Wildman–Crippen LogP) is 5.49. The van der Waals surface area contributed by atoms with Crippen LogP contribution in [0.2, 0.25) is 5.02 Å². The summed E-state index contributed by atoms with van der Waals surface area (Å²) in [6.45, 7) is 6.50. The molecule has 206 valence electrons. The third-order valence-electron chi connectivity index (χ3n) is 6.20. The number of allylic oxidation sites excluding steroid dienone is 1. The predicted molar refractivity (Wildman–Crippen MR) is 158 cm³/mol. The summed E-state index contributed by atoms with van der Waals surface area (Å²) in [4.78, 5) is 32.7. The van der Waals surface area contributed by atoms with E-state index in [-0.39, 0.29) is 12.2 Å². The summed E-state index contributed by atoms with van der Waals surface area (Å²) >= 11 is 8.75. The molecule has 1 atom stereocenters. The largest absolute Gasteiger partial charge is 0.490 e. The first kappa shape index (κ1) is 27.9. The van der Waals surface area contributed by atoms with Crippen LogP contribution < -0.4 is 24.4 Å². The number of hydrogen-bond donors (Lipinski definition) is 0. The minimum absolute atomic E-state index is 0.225. The molecule has 3 heterocycles. The first-order chi connectivity index (χ1) is 19.4. The molecule has 2 aromatic carbocycles. The fourth-order valence-electron chi connectivity index (χ4n) is 4.40. The van der Waals surface area contributed by atoms with Crippen LogP contribution in [0.15, 0.2) is 81.0 Å². The van der Waals surface area contributed by atoms with E-state index in [0.717, 1.165) is 16.0 Å². The van der Waals surface area contributed by atoms with Gasteiger partial charge in [-0.25, -0.2) is 9.79 Å². The molecule has 4 aromatic rings. The molecule has 5 rings (SSSR count). The number of thiophene rings is 1. The summed E-state index contributed by atoms with van der Waals surface area (Å²) in [6.07, 6.45) is 1.81. The maximum atomic E-state index is 13.8. The zero-order valence-electron chi connectivity index (χ0n) is 22.2.